The van der Waals surface area contributed by atoms with E-state index in [1.54, 1.807) is 17.4 Å². The molecule has 0 aliphatic carbocycles. The summed E-state index contributed by atoms with van der Waals surface area (Å²) in [6, 6.07) is -0.0607. The maximum absolute atomic E-state index is 12.0. The molecule has 2 saturated heterocycles. The van der Waals surface area contributed by atoms with Crippen LogP contribution in [0.25, 0.3) is 0 Å². The van der Waals surface area contributed by atoms with Crippen LogP contribution in [0.4, 0.5) is 0 Å². The molecule has 0 unspecified atom stereocenters. The van der Waals surface area contributed by atoms with Crippen LogP contribution in [0, 0.1) is 5.92 Å². The van der Waals surface area contributed by atoms with E-state index in [1.807, 2.05) is 10.8 Å². The van der Waals surface area contributed by atoms with Gasteiger partial charge in [0.2, 0.25) is 5.91 Å². The number of imidazole rings is 1. The van der Waals surface area contributed by atoms with Crippen LogP contribution in [0.1, 0.15) is 6.04 Å². The number of aromatic nitrogens is 2. The van der Waals surface area contributed by atoms with Crippen molar-refractivity contribution < 1.29 is 9.90 Å². The van der Waals surface area contributed by atoms with Gasteiger partial charge >= 0.3 is 0 Å². The van der Waals surface area contributed by atoms with Gasteiger partial charge in [0.05, 0.1) is 24.4 Å². The molecule has 17 heavy (non-hydrogen) atoms. The first kappa shape index (κ1) is 10.7. The third-order valence-corrected chi connectivity index (χ3v) is 3.61. The molecule has 92 valence electrons. The van der Waals surface area contributed by atoms with Crippen LogP contribution in [-0.2, 0) is 4.79 Å². The molecule has 3 rings (SSSR count). The molecule has 1 amide bonds. The van der Waals surface area contributed by atoms with Gasteiger partial charge in [0.15, 0.2) is 0 Å². The molecule has 1 aromatic heterocycles. The number of nitrogens with one attached hydrogen (secondary N) is 1. The number of β-amino-alcohol motifs (C(OH)–C–C–N with tert-alkyl or cyclic N) is 1. The molecule has 0 spiro atoms. The summed E-state index contributed by atoms with van der Waals surface area (Å²) in [5.74, 6) is 0.258. The summed E-state index contributed by atoms with van der Waals surface area (Å²) in [7, 11) is 0. The first-order valence-corrected chi connectivity index (χ1v) is 5.90. The number of rotatable bonds is 2. The fraction of sp³-hybridized carbons (Fsp3) is 0.636. The molecular formula is C11H16N4O2. The van der Waals surface area contributed by atoms with Crippen molar-refractivity contribution in [1.82, 2.24) is 19.8 Å². The van der Waals surface area contributed by atoms with Crippen molar-refractivity contribution in [2.24, 2.45) is 5.92 Å². The van der Waals surface area contributed by atoms with Gasteiger partial charge in [0, 0.05) is 38.6 Å². The Morgan fingerprint density at radius 3 is 2.82 bits per heavy atom. The topological polar surface area (TPSA) is 70.4 Å². The maximum Gasteiger partial charge on any atom is 0.228 e. The molecule has 2 N–H and O–H groups in total. The van der Waals surface area contributed by atoms with E-state index in [-0.39, 0.29) is 17.9 Å². The zero-order valence-corrected chi connectivity index (χ0v) is 9.49. The molecule has 6 heteroatoms. The van der Waals surface area contributed by atoms with E-state index < -0.39 is 6.10 Å². The highest BCUT2D eigenvalue weighted by Crippen LogP contribution is 2.24. The average molecular weight is 236 g/mol. The molecule has 2 atom stereocenters. The van der Waals surface area contributed by atoms with E-state index in [1.165, 1.54) is 0 Å². The summed E-state index contributed by atoms with van der Waals surface area (Å²) < 4.78 is 1.87. The monoisotopic (exact) mass is 236 g/mol. The third kappa shape index (κ3) is 1.83. The lowest BCUT2D eigenvalue weighted by molar-refractivity contribution is -0.136. The standard InChI is InChI=1S/C11H16N4O2/c16-10-6-15(11(17)8-3-13-4-8)5-9(10)14-2-1-12-7-14/h1-2,7-10,13,16H,3-6H2/t9-,10+/m0/s1. The Labute approximate surface area is 99.2 Å². The van der Waals surface area contributed by atoms with Gasteiger partial charge in [0.25, 0.3) is 0 Å². The van der Waals surface area contributed by atoms with Crippen molar-refractivity contribution in [3.05, 3.63) is 18.7 Å². The second-order valence-electron chi connectivity index (χ2n) is 4.74. The second-order valence-corrected chi connectivity index (χ2v) is 4.74. The lowest BCUT2D eigenvalue weighted by Gasteiger charge is -2.30. The summed E-state index contributed by atoms with van der Waals surface area (Å²) in [6.45, 7) is 2.54. The van der Waals surface area contributed by atoms with Crippen molar-refractivity contribution in [3.63, 3.8) is 0 Å². The first-order chi connectivity index (χ1) is 8.25. The second kappa shape index (κ2) is 4.12. The summed E-state index contributed by atoms with van der Waals surface area (Å²) >= 11 is 0. The van der Waals surface area contributed by atoms with Crippen molar-refractivity contribution in [2.45, 2.75) is 12.1 Å². The Balaban J connectivity index is 1.68. The predicted octanol–water partition coefficient (Wildman–Crippen LogP) is -1.15. The van der Waals surface area contributed by atoms with E-state index in [9.17, 15) is 9.90 Å². The average Bonchev–Trinajstić information content (AvgIpc) is 2.82. The fourth-order valence-corrected chi connectivity index (χ4v) is 2.43. The van der Waals surface area contributed by atoms with Crippen LogP contribution < -0.4 is 5.32 Å². The molecule has 2 fully saturated rings. The number of hydrogen-bond acceptors (Lipinski definition) is 4. The van der Waals surface area contributed by atoms with E-state index in [4.69, 9.17) is 0 Å². The van der Waals surface area contributed by atoms with Crippen LogP contribution in [0.2, 0.25) is 0 Å². The molecule has 0 radical (unpaired) electrons. The Bertz CT molecular complexity index is 402. The van der Waals surface area contributed by atoms with Crippen molar-refractivity contribution in [3.8, 4) is 0 Å². The van der Waals surface area contributed by atoms with E-state index in [2.05, 4.69) is 10.3 Å². The zero-order chi connectivity index (χ0) is 11.8. The molecule has 2 aliphatic rings. The number of nitrogens with zero attached hydrogens (tertiary/aromatic N) is 3. The number of carbonyl (C=O) groups excluding carboxylic acids is 1. The lowest BCUT2D eigenvalue weighted by Crippen LogP contribution is -2.51. The maximum atomic E-state index is 12.0. The minimum atomic E-state index is -0.499. The quantitative estimate of drug-likeness (QED) is 0.680. The minimum Gasteiger partial charge on any atom is -0.389 e. The Hall–Kier alpha value is -1.40. The first-order valence-electron chi connectivity index (χ1n) is 5.90. The van der Waals surface area contributed by atoms with Gasteiger partial charge in [-0.25, -0.2) is 4.98 Å². The summed E-state index contributed by atoms with van der Waals surface area (Å²) in [6.07, 6.45) is 4.70. The van der Waals surface area contributed by atoms with Gasteiger partial charge in [-0.3, -0.25) is 4.79 Å². The molecular weight excluding hydrogens is 220 g/mol. The fourth-order valence-electron chi connectivity index (χ4n) is 2.43. The summed E-state index contributed by atoms with van der Waals surface area (Å²) in [4.78, 5) is 17.8. The highest BCUT2D eigenvalue weighted by Gasteiger charge is 2.38. The normalized spacial score (nSPS) is 29.4. The molecule has 1 aromatic rings. The van der Waals surface area contributed by atoms with Gasteiger partial charge in [-0.05, 0) is 0 Å². The van der Waals surface area contributed by atoms with E-state index in [0.29, 0.717) is 13.1 Å². The van der Waals surface area contributed by atoms with Gasteiger partial charge < -0.3 is 19.9 Å². The number of carbonyl (C=O) groups is 1. The third-order valence-electron chi connectivity index (χ3n) is 3.61. The van der Waals surface area contributed by atoms with Gasteiger partial charge in [-0.15, -0.1) is 0 Å². The molecule has 0 bridgehead atoms. The predicted molar refractivity (Wildman–Crippen MR) is 60.2 cm³/mol. The Morgan fingerprint density at radius 1 is 1.41 bits per heavy atom. The van der Waals surface area contributed by atoms with Crippen LogP contribution in [-0.4, -0.2) is 57.7 Å². The highest BCUT2D eigenvalue weighted by molar-refractivity contribution is 5.80. The van der Waals surface area contributed by atoms with Crippen molar-refractivity contribution in [1.29, 1.82) is 0 Å². The molecule has 0 aromatic carbocycles. The van der Waals surface area contributed by atoms with Crippen molar-refractivity contribution >= 4 is 5.91 Å². The van der Waals surface area contributed by atoms with E-state index in [0.717, 1.165) is 13.1 Å². The Kier molecular flexibility index (Phi) is 2.60. The van der Waals surface area contributed by atoms with Crippen LogP contribution >= 0.6 is 0 Å². The largest absolute Gasteiger partial charge is 0.389 e. The molecule has 6 nitrogen and oxygen atoms in total. The number of aliphatic hydroxyl groups is 1. The van der Waals surface area contributed by atoms with E-state index >= 15 is 0 Å². The number of hydrogen-bond donors (Lipinski definition) is 2. The molecule has 0 saturated carbocycles. The highest BCUT2D eigenvalue weighted by atomic mass is 16.3. The number of amides is 1. The minimum absolute atomic E-state index is 0.0607. The van der Waals surface area contributed by atoms with Gasteiger partial charge in [-0.2, -0.15) is 0 Å². The number of aliphatic hydroxyl groups excluding tert-OH is 1. The Morgan fingerprint density at radius 2 is 2.24 bits per heavy atom. The van der Waals surface area contributed by atoms with Crippen molar-refractivity contribution in [2.75, 3.05) is 26.2 Å². The van der Waals surface area contributed by atoms with Crippen LogP contribution in [0.15, 0.2) is 18.7 Å². The van der Waals surface area contributed by atoms with Crippen LogP contribution in [0.3, 0.4) is 0 Å². The van der Waals surface area contributed by atoms with Gasteiger partial charge in [-0.1, -0.05) is 0 Å². The summed E-state index contributed by atoms with van der Waals surface area (Å²) in [5.41, 5.74) is 0. The molecule has 2 aliphatic heterocycles. The lowest BCUT2D eigenvalue weighted by atomic mass is 10.0. The number of likely N-dealkylation sites (tertiary alicyclic amines) is 1. The SMILES string of the molecule is O=C(C1CNC1)N1C[C@@H](O)[C@@H](n2ccnc2)C1. The van der Waals surface area contributed by atoms with Gasteiger partial charge in [0.1, 0.15) is 0 Å². The smallest absolute Gasteiger partial charge is 0.228 e. The zero-order valence-electron chi connectivity index (χ0n) is 9.49. The summed E-state index contributed by atoms with van der Waals surface area (Å²) in [5, 5.41) is 13.1. The molecule has 3 heterocycles. The van der Waals surface area contributed by atoms with Crippen LogP contribution in [0.5, 0.6) is 0 Å².